The van der Waals surface area contributed by atoms with E-state index in [2.05, 4.69) is 10.1 Å². The lowest BCUT2D eigenvalue weighted by molar-refractivity contribution is -0.0616. The Morgan fingerprint density at radius 1 is 1.23 bits per heavy atom. The standard InChI is InChI=1S/C16H15N3O6S/c20-6-8-12(21)13(22)15(25-8)19-16(24)17-14(23)11(18-19)10-5-7-3-1-2-4-9(7)26-10/h1-5,8,12-13,15,20-22H,6H2,(H,17,23,24)/t8-,12-,13-,15-/m1/s1. The molecule has 1 aromatic carbocycles. The molecule has 0 saturated carbocycles. The Kier molecular flexibility index (Phi) is 4.21. The molecular weight excluding hydrogens is 362 g/mol. The molecule has 4 N–H and O–H groups in total. The van der Waals surface area contributed by atoms with Crippen molar-refractivity contribution in [1.29, 1.82) is 0 Å². The van der Waals surface area contributed by atoms with Gasteiger partial charge in [0.25, 0.3) is 5.56 Å². The largest absolute Gasteiger partial charge is 0.394 e. The van der Waals surface area contributed by atoms with Crippen LogP contribution in [0.3, 0.4) is 0 Å². The van der Waals surface area contributed by atoms with Gasteiger partial charge in [0, 0.05) is 4.70 Å². The summed E-state index contributed by atoms with van der Waals surface area (Å²) in [5.74, 6) is 0. The fourth-order valence-electron chi connectivity index (χ4n) is 2.93. The molecule has 26 heavy (non-hydrogen) atoms. The normalized spacial score (nSPS) is 25.8. The van der Waals surface area contributed by atoms with Crippen molar-refractivity contribution < 1.29 is 20.1 Å². The zero-order valence-corrected chi connectivity index (χ0v) is 14.1. The zero-order valence-electron chi connectivity index (χ0n) is 13.3. The summed E-state index contributed by atoms with van der Waals surface area (Å²) in [5.41, 5.74) is -1.54. The van der Waals surface area contributed by atoms with Gasteiger partial charge in [0.05, 0.1) is 11.5 Å². The van der Waals surface area contributed by atoms with Gasteiger partial charge in [0.15, 0.2) is 11.9 Å². The van der Waals surface area contributed by atoms with Crippen LogP contribution >= 0.6 is 11.3 Å². The van der Waals surface area contributed by atoms with Gasteiger partial charge in [-0.25, -0.2) is 4.79 Å². The fourth-order valence-corrected chi connectivity index (χ4v) is 3.97. The van der Waals surface area contributed by atoms with Crippen LogP contribution in [0.5, 0.6) is 0 Å². The van der Waals surface area contributed by atoms with Crippen LogP contribution in [0.15, 0.2) is 39.9 Å². The van der Waals surface area contributed by atoms with Crippen LogP contribution in [0.25, 0.3) is 20.7 Å². The van der Waals surface area contributed by atoms with E-state index in [1.807, 2.05) is 24.3 Å². The predicted molar refractivity (Wildman–Crippen MR) is 92.9 cm³/mol. The fraction of sp³-hybridized carbons (Fsp3) is 0.312. The van der Waals surface area contributed by atoms with Crippen LogP contribution < -0.4 is 11.2 Å². The van der Waals surface area contributed by atoms with E-state index in [1.165, 1.54) is 11.3 Å². The number of hydrogen-bond acceptors (Lipinski definition) is 8. The first kappa shape index (κ1) is 17.1. The van der Waals surface area contributed by atoms with Crippen LogP contribution in [-0.2, 0) is 4.74 Å². The number of hydrogen-bond donors (Lipinski definition) is 4. The van der Waals surface area contributed by atoms with Gasteiger partial charge in [0.2, 0.25) is 0 Å². The van der Waals surface area contributed by atoms with E-state index in [4.69, 9.17) is 4.74 Å². The highest BCUT2D eigenvalue weighted by Gasteiger charge is 2.44. The average Bonchev–Trinajstić information content (AvgIpc) is 3.17. The van der Waals surface area contributed by atoms with Gasteiger partial charge in [-0.2, -0.15) is 9.78 Å². The summed E-state index contributed by atoms with van der Waals surface area (Å²) in [6.07, 6.45) is -5.22. The van der Waals surface area contributed by atoms with E-state index in [1.54, 1.807) is 6.07 Å². The van der Waals surface area contributed by atoms with Crippen LogP contribution in [-0.4, -0.2) is 55.0 Å². The Balaban J connectivity index is 1.82. The van der Waals surface area contributed by atoms with Crippen molar-refractivity contribution in [1.82, 2.24) is 14.8 Å². The molecule has 1 saturated heterocycles. The van der Waals surface area contributed by atoms with E-state index in [0.717, 1.165) is 14.8 Å². The summed E-state index contributed by atoms with van der Waals surface area (Å²) in [7, 11) is 0. The van der Waals surface area contributed by atoms with Crippen LogP contribution in [0.4, 0.5) is 0 Å². The smallest absolute Gasteiger partial charge is 0.347 e. The van der Waals surface area contributed by atoms with Crippen molar-refractivity contribution in [2.75, 3.05) is 6.61 Å². The van der Waals surface area contributed by atoms with Crippen molar-refractivity contribution in [2.45, 2.75) is 24.5 Å². The molecular formula is C16H15N3O6S. The maximum absolute atomic E-state index is 12.2. The first-order chi connectivity index (χ1) is 12.5. The number of aromatic nitrogens is 3. The minimum atomic E-state index is -1.47. The van der Waals surface area contributed by atoms with Gasteiger partial charge in [-0.05, 0) is 17.5 Å². The van der Waals surface area contributed by atoms with Gasteiger partial charge in [0.1, 0.15) is 18.3 Å². The Hall–Kier alpha value is -2.37. The van der Waals surface area contributed by atoms with Crippen molar-refractivity contribution in [2.24, 2.45) is 0 Å². The third-order valence-corrected chi connectivity index (χ3v) is 5.39. The molecule has 1 aliphatic rings. The molecule has 0 radical (unpaired) electrons. The Labute approximate surface area is 149 Å². The summed E-state index contributed by atoms with van der Waals surface area (Å²) in [6.45, 7) is -0.532. The number of aliphatic hydroxyl groups excluding tert-OH is 3. The Bertz CT molecular complexity index is 1040. The number of H-pyrrole nitrogens is 1. The quantitative estimate of drug-likeness (QED) is 0.479. The van der Waals surface area contributed by atoms with Crippen molar-refractivity contribution in [3.05, 3.63) is 51.2 Å². The van der Waals surface area contributed by atoms with Gasteiger partial charge in [-0.1, -0.05) is 18.2 Å². The molecule has 1 fully saturated rings. The number of fused-ring (bicyclic) bond motifs is 1. The molecule has 1 aliphatic heterocycles. The molecule has 3 heterocycles. The van der Waals surface area contributed by atoms with Crippen LogP contribution in [0.1, 0.15) is 6.23 Å². The van der Waals surface area contributed by atoms with Gasteiger partial charge >= 0.3 is 5.69 Å². The minimum absolute atomic E-state index is 0.00328. The van der Waals surface area contributed by atoms with Crippen LogP contribution in [0.2, 0.25) is 0 Å². The molecule has 0 aliphatic carbocycles. The van der Waals surface area contributed by atoms with Gasteiger partial charge in [-0.3, -0.25) is 9.78 Å². The third kappa shape index (κ3) is 2.68. The first-order valence-electron chi connectivity index (χ1n) is 7.84. The lowest BCUT2D eigenvalue weighted by Gasteiger charge is -2.16. The summed E-state index contributed by atoms with van der Waals surface area (Å²) in [5, 5.41) is 34.2. The molecule has 4 rings (SSSR count). The molecule has 9 nitrogen and oxygen atoms in total. The first-order valence-corrected chi connectivity index (χ1v) is 8.66. The average molecular weight is 377 g/mol. The predicted octanol–water partition coefficient (Wildman–Crippen LogP) is -0.575. The zero-order chi connectivity index (χ0) is 18.4. The molecule has 0 bridgehead atoms. The highest BCUT2D eigenvalue weighted by Crippen LogP contribution is 2.31. The van der Waals surface area contributed by atoms with E-state index >= 15 is 0 Å². The number of aromatic amines is 1. The SMILES string of the molecule is O=c1[nH]c(=O)n([C@@H]2O[C@H](CO)[C@@H](O)[C@H]2O)nc1-c1cc2ccccc2s1. The second-order valence-corrected chi connectivity index (χ2v) is 7.01. The maximum atomic E-state index is 12.2. The Morgan fingerprint density at radius 3 is 2.69 bits per heavy atom. The monoisotopic (exact) mass is 377 g/mol. The van der Waals surface area contributed by atoms with E-state index in [-0.39, 0.29) is 5.69 Å². The molecule has 3 aromatic rings. The number of thiophene rings is 1. The number of benzene rings is 1. The number of ether oxygens (including phenoxy) is 1. The number of nitrogens with zero attached hydrogens (tertiary/aromatic N) is 2. The lowest BCUT2D eigenvalue weighted by atomic mass is 10.1. The molecule has 10 heteroatoms. The second kappa shape index (κ2) is 6.41. The minimum Gasteiger partial charge on any atom is -0.394 e. The van der Waals surface area contributed by atoms with E-state index in [9.17, 15) is 24.9 Å². The number of nitrogens with one attached hydrogen (secondary N) is 1. The van der Waals surface area contributed by atoms with E-state index < -0.39 is 42.4 Å². The van der Waals surface area contributed by atoms with E-state index in [0.29, 0.717) is 4.88 Å². The Morgan fingerprint density at radius 2 is 2.00 bits per heavy atom. The summed E-state index contributed by atoms with van der Waals surface area (Å²) < 4.78 is 7.06. The second-order valence-electron chi connectivity index (χ2n) is 5.93. The maximum Gasteiger partial charge on any atom is 0.347 e. The molecule has 0 unspecified atom stereocenters. The molecule has 0 amide bonds. The molecule has 136 valence electrons. The highest BCUT2D eigenvalue weighted by atomic mass is 32.1. The lowest BCUT2D eigenvalue weighted by Crippen LogP contribution is -2.40. The summed E-state index contributed by atoms with van der Waals surface area (Å²) in [6, 6.07) is 9.33. The van der Waals surface area contributed by atoms with Gasteiger partial charge < -0.3 is 20.1 Å². The highest BCUT2D eigenvalue weighted by molar-refractivity contribution is 7.22. The number of rotatable bonds is 3. The third-order valence-electron chi connectivity index (χ3n) is 4.27. The summed E-state index contributed by atoms with van der Waals surface area (Å²) >= 11 is 1.34. The molecule has 4 atom stereocenters. The summed E-state index contributed by atoms with van der Waals surface area (Å²) in [4.78, 5) is 27.1. The molecule has 2 aromatic heterocycles. The van der Waals surface area contributed by atoms with Gasteiger partial charge in [-0.15, -0.1) is 11.3 Å². The van der Waals surface area contributed by atoms with Crippen LogP contribution in [0, 0.1) is 0 Å². The topological polar surface area (TPSA) is 138 Å². The number of aliphatic hydroxyl groups is 3. The van der Waals surface area contributed by atoms with Crippen molar-refractivity contribution in [3.8, 4) is 10.6 Å². The van der Waals surface area contributed by atoms with Crippen molar-refractivity contribution >= 4 is 21.4 Å². The van der Waals surface area contributed by atoms with Crippen molar-refractivity contribution in [3.63, 3.8) is 0 Å². The molecule has 0 spiro atoms.